The topological polar surface area (TPSA) is 46.9 Å². The summed E-state index contributed by atoms with van der Waals surface area (Å²) in [7, 11) is 0. The first-order chi connectivity index (χ1) is 11.1. The van der Waals surface area contributed by atoms with Crippen molar-refractivity contribution in [3.63, 3.8) is 0 Å². The third-order valence-corrected chi connectivity index (χ3v) is 3.86. The molecule has 0 aliphatic carbocycles. The van der Waals surface area contributed by atoms with Gasteiger partial charge in [-0.15, -0.1) is 0 Å². The Labute approximate surface area is 135 Å². The summed E-state index contributed by atoms with van der Waals surface area (Å²) in [6.07, 6.45) is 0. The second-order valence-electron chi connectivity index (χ2n) is 5.62. The fraction of sp³-hybridized carbons (Fsp3) is 0.158. The van der Waals surface area contributed by atoms with E-state index in [0.717, 1.165) is 28.2 Å². The van der Waals surface area contributed by atoms with E-state index in [0.29, 0.717) is 5.95 Å². The molecule has 0 saturated heterocycles. The summed E-state index contributed by atoms with van der Waals surface area (Å²) >= 11 is 0. The van der Waals surface area contributed by atoms with Gasteiger partial charge in [0.15, 0.2) is 0 Å². The molecule has 3 aromatic rings. The van der Waals surface area contributed by atoms with E-state index in [1.54, 1.807) is 6.07 Å². The maximum absolute atomic E-state index is 11.9. The van der Waals surface area contributed by atoms with Crippen molar-refractivity contribution in [3.8, 4) is 5.69 Å². The zero-order chi connectivity index (χ0) is 16.4. The molecule has 0 spiro atoms. The van der Waals surface area contributed by atoms with Gasteiger partial charge in [0.25, 0.3) is 5.56 Å². The minimum Gasteiger partial charge on any atom is -0.325 e. The number of nitrogens with one attached hydrogen (secondary N) is 1. The molecule has 4 heteroatoms. The molecule has 0 unspecified atom stereocenters. The monoisotopic (exact) mass is 305 g/mol. The summed E-state index contributed by atoms with van der Waals surface area (Å²) in [5.41, 5.74) is 4.76. The number of aryl methyl sites for hydroxylation is 3. The van der Waals surface area contributed by atoms with E-state index in [-0.39, 0.29) is 5.56 Å². The van der Waals surface area contributed by atoms with Gasteiger partial charge in [-0.05, 0) is 44.0 Å². The predicted molar refractivity (Wildman–Crippen MR) is 93.8 cm³/mol. The van der Waals surface area contributed by atoms with Gasteiger partial charge in [0.2, 0.25) is 5.95 Å². The lowest BCUT2D eigenvalue weighted by Gasteiger charge is -2.19. The van der Waals surface area contributed by atoms with Crippen molar-refractivity contribution in [1.29, 1.82) is 0 Å². The maximum Gasteiger partial charge on any atom is 0.274 e. The molecule has 0 bridgehead atoms. The Balaban J connectivity index is 2.19. The van der Waals surface area contributed by atoms with Crippen LogP contribution in [-0.4, -0.2) is 9.55 Å². The Bertz CT molecular complexity index is 912. The van der Waals surface area contributed by atoms with Crippen molar-refractivity contribution in [3.05, 3.63) is 81.8 Å². The first-order valence-electron chi connectivity index (χ1n) is 7.55. The largest absolute Gasteiger partial charge is 0.325 e. The minimum atomic E-state index is -0.247. The highest BCUT2D eigenvalue weighted by Gasteiger charge is 2.11. The van der Waals surface area contributed by atoms with Crippen molar-refractivity contribution < 1.29 is 0 Å². The van der Waals surface area contributed by atoms with Crippen molar-refractivity contribution >= 4 is 11.6 Å². The van der Waals surface area contributed by atoms with Gasteiger partial charge in [0.1, 0.15) is 0 Å². The minimum absolute atomic E-state index is 0.247. The Kier molecular flexibility index (Phi) is 3.98. The molecule has 0 amide bonds. The third kappa shape index (κ3) is 3.01. The number of hydrogen-bond donors (Lipinski definition) is 1. The number of anilines is 2. The van der Waals surface area contributed by atoms with Crippen LogP contribution >= 0.6 is 0 Å². The van der Waals surface area contributed by atoms with Crippen LogP contribution < -0.4 is 10.9 Å². The van der Waals surface area contributed by atoms with Crippen LogP contribution in [0.1, 0.15) is 16.8 Å². The van der Waals surface area contributed by atoms with Gasteiger partial charge in [-0.2, -0.15) is 4.98 Å². The van der Waals surface area contributed by atoms with Crippen molar-refractivity contribution in [2.24, 2.45) is 0 Å². The summed E-state index contributed by atoms with van der Waals surface area (Å²) in [6.45, 7) is 5.98. The number of nitrogens with zero attached hydrogens (tertiary/aromatic N) is 2. The number of para-hydroxylation sites is 2. The second kappa shape index (κ2) is 6.08. The maximum atomic E-state index is 11.9. The Morgan fingerprint density at radius 2 is 1.57 bits per heavy atom. The molecule has 0 fully saturated rings. The molecule has 0 aliphatic heterocycles. The molecule has 1 N–H and O–H groups in total. The Hall–Kier alpha value is -2.88. The summed E-state index contributed by atoms with van der Waals surface area (Å²) in [6, 6.07) is 17.5. The van der Waals surface area contributed by atoms with E-state index in [9.17, 15) is 4.79 Å². The zero-order valence-electron chi connectivity index (χ0n) is 13.5. The number of hydrogen-bond acceptors (Lipinski definition) is 3. The number of rotatable bonds is 3. The summed E-state index contributed by atoms with van der Waals surface area (Å²) in [5.74, 6) is 0.526. The molecule has 3 rings (SSSR count). The van der Waals surface area contributed by atoms with Crippen LogP contribution in [0.4, 0.5) is 11.6 Å². The lowest BCUT2D eigenvalue weighted by Crippen LogP contribution is -2.18. The van der Waals surface area contributed by atoms with E-state index in [4.69, 9.17) is 0 Å². The molecule has 1 heterocycles. The molecular weight excluding hydrogens is 286 g/mol. The van der Waals surface area contributed by atoms with Gasteiger partial charge in [0.05, 0.1) is 5.69 Å². The molecule has 4 nitrogen and oxygen atoms in total. The lowest BCUT2D eigenvalue weighted by molar-refractivity contribution is 0.918. The zero-order valence-corrected chi connectivity index (χ0v) is 13.5. The fourth-order valence-electron chi connectivity index (χ4n) is 2.63. The van der Waals surface area contributed by atoms with Gasteiger partial charge >= 0.3 is 0 Å². The average molecular weight is 305 g/mol. The summed E-state index contributed by atoms with van der Waals surface area (Å²) in [4.78, 5) is 16.1. The van der Waals surface area contributed by atoms with Crippen molar-refractivity contribution in [2.45, 2.75) is 20.8 Å². The number of benzene rings is 2. The predicted octanol–water partition coefficient (Wildman–Crippen LogP) is 3.90. The molecule has 0 radical (unpaired) electrons. The fourth-order valence-corrected chi connectivity index (χ4v) is 2.63. The SMILES string of the molecule is Cc1ccccc1Nc1nc(=O)cc(C)n1-c1ccccc1C. The van der Waals surface area contributed by atoms with Gasteiger partial charge in [-0.1, -0.05) is 36.4 Å². The van der Waals surface area contributed by atoms with Crippen LogP contribution in [0.5, 0.6) is 0 Å². The molecule has 116 valence electrons. The normalized spacial score (nSPS) is 10.6. The first-order valence-corrected chi connectivity index (χ1v) is 7.55. The van der Waals surface area contributed by atoms with Crippen LogP contribution in [0.2, 0.25) is 0 Å². The quantitative estimate of drug-likeness (QED) is 0.798. The second-order valence-corrected chi connectivity index (χ2v) is 5.62. The van der Waals surface area contributed by atoms with E-state index in [1.165, 1.54) is 0 Å². The molecular formula is C19H19N3O. The highest BCUT2D eigenvalue weighted by molar-refractivity contribution is 5.60. The van der Waals surface area contributed by atoms with E-state index in [2.05, 4.69) is 10.3 Å². The first kappa shape index (κ1) is 15.0. The van der Waals surface area contributed by atoms with Gasteiger partial charge < -0.3 is 5.32 Å². The molecule has 23 heavy (non-hydrogen) atoms. The van der Waals surface area contributed by atoms with E-state index < -0.39 is 0 Å². The standard InChI is InChI=1S/C19H19N3O/c1-13-8-4-6-10-16(13)20-19-21-18(23)12-15(3)22(19)17-11-7-5-9-14(17)2/h4-12H,1-3H3,(H,20,21,23). The summed E-state index contributed by atoms with van der Waals surface area (Å²) in [5, 5.41) is 3.30. The van der Waals surface area contributed by atoms with E-state index >= 15 is 0 Å². The Morgan fingerprint density at radius 3 is 2.26 bits per heavy atom. The summed E-state index contributed by atoms with van der Waals surface area (Å²) < 4.78 is 1.98. The van der Waals surface area contributed by atoms with Crippen LogP contribution in [0.3, 0.4) is 0 Å². The molecule has 2 aromatic carbocycles. The molecule has 0 aliphatic rings. The lowest BCUT2D eigenvalue weighted by atomic mass is 10.2. The third-order valence-electron chi connectivity index (χ3n) is 3.86. The highest BCUT2D eigenvalue weighted by atomic mass is 16.1. The number of aromatic nitrogens is 2. The molecule has 0 atom stereocenters. The smallest absolute Gasteiger partial charge is 0.274 e. The van der Waals surface area contributed by atoms with Crippen LogP contribution in [0.25, 0.3) is 5.69 Å². The van der Waals surface area contributed by atoms with E-state index in [1.807, 2.05) is 73.9 Å². The van der Waals surface area contributed by atoms with Crippen molar-refractivity contribution in [1.82, 2.24) is 9.55 Å². The molecule has 1 aromatic heterocycles. The van der Waals surface area contributed by atoms with Crippen LogP contribution in [0, 0.1) is 20.8 Å². The molecule has 0 saturated carbocycles. The average Bonchev–Trinajstić information content (AvgIpc) is 2.50. The van der Waals surface area contributed by atoms with Crippen molar-refractivity contribution in [2.75, 3.05) is 5.32 Å². The highest BCUT2D eigenvalue weighted by Crippen LogP contribution is 2.23. The van der Waals surface area contributed by atoms with Crippen LogP contribution in [-0.2, 0) is 0 Å². The van der Waals surface area contributed by atoms with Gasteiger partial charge in [-0.3, -0.25) is 9.36 Å². The van der Waals surface area contributed by atoms with Gasteiger partial charge in [-0.25, -0.2) is 0 Å². The Morgan fingerprint density at radius 1 is 0.913 bits per heavy atom. The van der Waals surface area contributed by atoms with Gasteiger partial charge in [0, 0.05) is 17.4 Å². The van der Waals surface area contributed by atoms with Crippen LogP contribution in [0.15, 0.2) is 59.4 Å².